The Morgan fingerprint density at radius 1 is 1.25 bits per heavy atom. The van der Waals surface area contributed by atoms with Gasteiger partial charge >= 0.3 is 0 Å². The molecule has 2 N–H and O–H groups in total. The van der Waals surface area contributed by atoms with Crippen LogP contribution in [-0.2, 0) is 0 Å². The van der Waals surface area contributed by atoms with Gasteiger partial charge in [-0.3, -0.25) is 0 Å². The third kappa shape index (κ3) is 2.67. The van der Waals surface area contributed by atoms with E-state index in [4.69, 9.17) is 15.2 Å². The van der Waals surface area contributed by atoms with Gasteiger partial charge in [-0.2, -0.15) is 0 Å². The first-order valence-electron chi connectivity index (χ1n) is 5.61. The zero-order valence-corrected chi connectivity index (χ0v) is 10.5. The number of nitrogens with two attached hydrogens (primary N) is 1. The Kier molecular flexibility index (Phi) is 4.62. The lowest BCUT2D eigenvalue weighted by molar-refractivity contribution is 0.377. The minimum Gasteiger partial charge on any atom is -0.497 e. The Hall–Kier alpha value is -1.22. The van der Waals surface area contributed by atoms with E-state index in [0.717, 1.165) is 23.5 Å². The van der Waals surface area contributed by atoms with Crippen LogP contribution in [0.25, 0.3) is 0 Å². The van der Waals surface area contributed by atoms with Crippen LogP contribution < -0.4 is 15.2 Å². The van der Waals surface area contributed by atoms with Gasteiger partial charge in [-0.15, -0.1) is 0 Å². The van der Waals surface area contributed by atoms with Gasteiger partial charge in [0, 0.05) is 17.7 Å². The SMILES string of the molecule is CCC(C)[C@@H](N)c1ccc(OC)cc1OC. The number of benzene rings is 1. The minimum absolute atomic E-state index is 0.00542. The number of methoxy groups -OCH3 is 2. The molecule has 3 heteroatoms. The van der Waals surface area contributed by atoms with Crippen LogP contribution in [0, 0.1) is 5.92 Å². The monoisotopic (exact) mass is 223 g/mol. The Bertz CT molecular complexity index is 339. The highest BCUT2D eigenvalue weighted by Gasteiger charge is 2.17. The molecule has 0 aliphatic rings. The molecule has 0 amide bonds. The summed E-state index contributed by atoms with van der Waals surface area (Å²) in [7, 11) is 3.30. The lowest BCUT2D eigenvalue weighted by Gasteiger charge is -2.21. The smallest absolute Gasteiger partial charge is 0.127 e. The predicted molar refractivity (Wildman–Crippen MR) is 65.9 cm³/mol. The summed E-state index contributed by atoms with van der Waals surface area (Å²) in [5, 5.41) is 0. The van der Waals surface area contributed by atoms with Gasteiger partial charge in [0.2, 0.25) is 0 Å². The molecule has 0 saturated heterocycles. The average Bonchev–Trinajstić information content (AvgIpc) is 2.35. The lowest BCUT2D eigenvalue weighted by Crippen LogP contribution is -2.19. The maximum Gasteiger partial charge on any atom is 0.127 e. The summed E-state index contributed by atoms with van der Waals surface area (Å²) in [5.74, 6) is 2.02. The van der Waals surface area contributed by atoms with Gasteiger partial charge in [0.15, 0.2) is 0 Å². The number of rotatable bonds is 5. The summed E-state index contributed by atoms with van der Waals surface area (Å²) in [6.07, 6.45) is 1.05. The van der Waals surface area contributed by atoms with Gasteiger partial charge in [0.25, 0.3) is 0 Å². The van der Waals surface area contributed by atoms with Gasteiger partial charge in [0.1, 0.15) is 11.5 Å². The normalized spacial score (nSPS) is 14.3. The molecule has 0 aliphatic carbocycles. The molecule has 0 fully saturated rings. The molecule has 2 atom stereocenters. The molecule has 0 radical (unpaired) electrons. The minimum atomic E-state index is 0.00542. The molecule has 1 aromatic carbocycles. The van der Waals surface area contributed by atoms with Gasteiger partial charge in [-0.1, -0.05) is 26.3 Å². The van der Waals surface area contributed by atoms with Gasteiger partial charge in [0.05, 0.1) is 14.2 Å². The Balaban J connectivity index is 3.03. The summed E-state index contributed by atoms with van der Waals surface area (Å²) >= 11 is 0. The Labute approximate surface area is 97.6 Å². The maximum atomic E-state index is 6.20. The Morgan fingerprint density at radius 3 is 2.44 bits per heavy atom. The second-order valence-corrected chi connectivity index (χ2v) is 4.02. The van der Waals surface area contributed by atoms with E-state index >= 15 is 0 Å². The highest BCUT2D eigenvalue weighted by molar-refractivity contribution is 5.42. The van der Waals surface area contributed by atoms with Crippen molar-refractivity contribution in [2.24, 2.45) is 11.7 Å². The average molecular weight is 223 g/mol. The van der Waals surface area contributed by atoms with Crippen LogP contribution in [0.2, 0.25) is 0 Å². The van der Waals surface area contributed by atoms with Crippen LogP contribution in [0.1, 0.15) is 31.9 Å². The van der Waals surface area contributed by atoms with E-state index in [1.54, 1.807) is 14.2 Å². The van der Waals surface area contributed by atoms with E-state index in [2.05, 4.69) is 13.8 Å². The summed E-state index contributed by atoms with van der Waals surface area (Å²) in [6.45, 7) is 4.29. The quantitative estimate of drug-likeness (QED) is 0.834. The molecule has 1 unspecified atom stereocenters. The van der Waals surface area contributed by atoms with Crippen LogP contribution in [-0.4, -0.2) is 14.2 Å². The first-order chi connectivity index (χ1) is 7.63. The van der Waals surface area contributed by atoms with Crippen molar-refractivity contribution in [2.45, 2.75) is 26.3 Å². The van der Waals surface area contributed by atoms with Crippen LogP contribution in [0.3, 0.4) is 0 Å². The fraction of sp³-hybridized carbons (Fsp3) is 0.538. The van der Waals surface area contributed by atoms with Crippen molar-refractivity contribution < 1.29 is 9.47 Å². The molecule has 1 rings (SSSR count). The number of hydrogen-bond acceptors (Lipinski definition) is 3. The van der Waals surface area contributed by atoms with Crippen molar-refractivity contribution in [3.63, 3.8) is 0 Å². The third-order valence-electron chi connectivity index (χ3n) is 3.06. The summed E-state index contributed by atoms with van der Waals surface area (Å²) < 4.78 is 10.5. The van der Waals surface area contributed by atoms with Crippen molar-refractivity contribution in [2.75, 3.05) is 14.2 Å². The highest BCUT2D eigenvalue weighted by Crippen LogP contribution is 2.32. The fourth-order valence-electron chi connectivity index (χ4n) is 1.65. The molecule has 0 aliphatic heterocycles. The molecule has 0 bridgehead atoms. The lowest BCUT2D eigenvalue weighted by atomic mass is 9.92. The molecule has 0 saturated carbocycles. The van der Waals surface area contributed by atoms with Crippen LogP contribution in [0.4, 0.5) is 0 Å². The van der Waals surface area contributed by atoms with Crippen molar-refractivity contribution in [3.8, 4) is 11.5 Å². The van der Waals surface area contributed by atoms with Gasteiger partial charge in [-0.25, -0.2) is 0 Å². The molecular weight excluding hydrogens is 202 g/mol. The van der Waals surface area contributed by atoms with Crippen LogP contribution in [0.5, 0.6) is 11.5 Å². The molecule has 90 valence electrons. The number of ether oxygens (including phenoxy) is 2. The van der Waals surface area contributed by atoms with Crippen molar-refractivity contribution >= 4 is 0 Å². The first kappa shape index (κ1) is 12.8. The van der Waals surface area contributed by atoms with Crippen molar-refractivity contribution in [1.82, 2.24) is 0 Å². The van der Waals surface area contributed by atoms with Crippen LogP contribution in [0.15, 0.2) is 18.2 Å². The van der Waals surface area contributed by atoms with E-state index in [1.165, 1.54) is 0 Å². The predicted octanol–water partition coefficient (Wildman–Crippen LogP) is 2.75. The summed E-state index contributed by atoms with van der Waals surface area (Å²) in [4.78, 5) is 0. The number of hydrogen-bond donors (Lipinski definition) is 1. The second-order valence-electron chi connectivity index (χ2n) is 4.02. The van der Waals surface area contributed by atoms with Gasteiger partial charge in [-0.05, 0) is 12.0 Å². The largest absolute Gasteiger partial charge is 0.497 e. The summed E-state index contributed by atoms with van der Waals surface area (Å²) in [5.41, 5.74) is 7.24. The van der Waals surface area contributed by atoms with E-state index in [0.29, 0.717) is 5.92 Å². The van der Waals surface area contributed by atoms with Gasteiger partial charge < -0.3 is 15.2 Å². The van der Waals surface area contributed by atoms with Crippen molar-refractivity contribution in [3.05, 3.63) is 23.8 Å². The second kappa shape index (κ2) is 5.75. The maximum absolute atomic E-state index is 6.20. The molecule has 1 aromatic rings. The van der Waals surface area contributed by atoms with Crippen LogP contribution >= 0.6 is 0 Å². The molecule has 16 heavy (non-hydrogen) atoms. The molecule has 0 spiro atoms. The first-order valence-corrected chi connectivity index (χ1v) is 5.61. The summed E-state index contributed by atoms with van der Waals surface area (Å²) in [6, 6.07) is 5.78. The molecule has 3 nitrogen and oxygen atoms in total. The third-order valence-corrected chi connectivity index (χ3v) is 3.06. The van der Waals surface area contributed by atoms with Crippen molar-refractivity contribution in [1.29, 1.82) is 0 Å². The zero-order valence-electron chi connectivity index (χ0n) is 10.5. The molecule has 0 heterocycles. The van der Waals surface area contributed by atoms with E-state index in [-0.39, 0.29) is 6.04 Å². The van der Waals surface area contributed by atoms with E-state index in [9.17, 15) is 0 Å². The fourth-order valence-corrected chi connectivity index (χ4v) is 1.65. The Morgan fingerprint density at radius 2 is 1.94 bits per heavy atom. The zero-order chi connectivity index (χ0) is 12.1. The standard InChI is InChI=1S/C13H21NO2/c1-5-9(2)13(14)11-7-6-10(15-3)8-12(11)16-4/h6-9,13H,5,14H2,1-4H3/t9?,13-/m1/s1. The van der Waals surface area contributed by atoms with E-state index < -0.39 is 0 Å². The molecular formula is C13H21NO2. The molecule has 0 aromatic heterocycles. The van der Waals surface area contributed by atoms with E-state index in [1.807, 2.05) is 18.2 Å². The highest BCUT2D eigenvalue weighted by atomic mass is 16.5. The topological polar surface area (TPSA) is 44.5 Å².